The molecule has 0 radical (unpaired) electrons. The van der Waals surface area contributed by atoms with Crippen LogP contribution in [0.15, 0.2) is 18.2 Å². The Morgan fingerprint density at radius 3 is 2.56 bits per heavy atom. The number of nitro groups is 1. The van der Waals surface area contributed by atoms with E-state index in [4.69, 9.17) is 9.47 Å². The molecule has 1 saturated heterocycles. The van der Waals surface area contributed by atoms with Crippen LogP contribution >= 0.6 is 0 Å². The zero-order valence-corrected chi connectivity index (χ0v) is 15.3. The van der Waals surface area contributed by atoms with Crippen molar-refractivity contribution in [3.8, 4) is 5.75 Å². The summed E-state index contributed by atoms with van der Waals surface area (Å²) in [5, 5.41) is 14.1. The number of anilines is 1. The van der Waals surface area contributed by atoms with Crippen molar-refractivity contribution >= 4 is 21.4 Å². The zero-order chi connectivity index (χ0) is 18.6. The van der Waals surface area contributed by atoms with Gasteiger partial charge in [-0.3, -0.25) is 10.1 Å². The number of hydrogen-bond donors (Lipinski definition) is 1. The molecule has 1 aliphatic rings. The fourth-order valence-electron chi connectivity index (χ4n) is 2.82. The Morgan fingerprint density at radius 2 is 2.00 bits per heavy atom. The molecule has 25 heavy (non-hydrogen) atoms. The number of morpholine rings is 1. The monoisotopic (exact) mass is 373 g/mol. The van der Waals surface area contributed by atoms with E-state index in [1.165, 1.54) is 23.5 Å². The molecule has 0 amide bonds. The van der Waals surface area contributed by atoms with Gasteiger partial charge in [0.05, 0.1) is 30.0 Å². The normalized spacial score (nSPS) is 21.7. The highest BCUT2D eigenvalue weighted by molar-refractivity contribution is 7.89. The van der Waals surface area contributed by atoms with E-state index in [-0.39, 0.29) is 41.6 Å². The van der Waals surface area contributed by atoms with Crippen molar-refractivity contribution in [2.45, 2.75) is 26.1 Å². The molecule has 2 rings (SSSR count). The number of sulfonamides is 1. The van der Waals surface area contributed by atoms with E-state index in [0.717, 1.165) is 0 Å². The number of ether oxygens (including phenoxy) is 2. The maximum Gasteiger partial charge on any atom is 0.333 e. The number of rotatable bonds is 7. The van der Waals surface area contributed by atoms with E-state index >= 15 is 0 Å². The Balaban J connectivity index is 2.04. The fourth-order valence-corrected chi connectivity index (χ4v) is 4.31. The minimum atomic E-state index is -3.48. The number of hydrogen-bond acceptors (Lipinski definition) is 7. The first-order valence-corrected chi connectivity index (χ1v) is 9.54. The summed E-state index contributed by atoms with van der Waals surface area (Å²) in [6.07, 6.45) is -0.322. The zero-order valence-electron chi connectivity index (χ0n) is 14.5. The SMILES string of the molecule is COc1cccc(NCCS(=O)(=O)N2C[C@H](C)O[C@@H](C)C2)c1[N+](=O)[O-]. The van der Waals surface area contributed by atoms with Crippen LogP contribution in [0.1, 0.15) is 13.8 Å². The van der Waals surface area contributed by atoms with Crippen LogP contribution in [0.3, 0.4) is 0 Å². The van der Waals surface area contributed by atoms with E-state index in [2.05, 4.69) is 5.32 Å². The number of nitrogens with one attached hydrogen (secondary N) is 1. The third-order valence-corrected chi connectivity index (χ3v) is 5.66. The minimum absolute atomic E-state index is 0.0520. The second-order valence-corrected chi connectivity index (χ2v) is 8.02. The maximum absolute atomic E-state index is 12.5. The van der Waals surface area contributed by atoms with Gasteiger partial charge in [-0.25, -0.2) is 8.42 Å². The Hall–Kier alpha value is -1.91. The van der Waals surface area contributed by atoms with Crippen molar-refractivity contribution in [3.05, 3.63) is 28.3 Å². The molecule has 140 valence electrons. The van der Waals surface area contributed by atoms with Crippen LogP contribution in [0.4, 0.5) is 11.4 Å². The van der Waals surface area contributed by atoms with Crippen LogP contribution in [0.25, 0.3) is 0 Å². The van der Waals surface area contributed by atoms with Gasteiger partial charge in [0.1, 0.15) is 5.69 Å². The number of nitro benzene ring substituents is 1. The molecule has 0 aromatic heterocycles. The maximum atomic E-state index is 12.5. The van der Waals surface area contributed by atoms with Crippen molar-refractivity contribution in [1.29, 1.82) is 0 Å². The molecule has 0 spiro atoms. The third-order valence-electron chi connectivity index (χ3n) is 3.86. The van der Waals surface area contributed by atoms with Gasteiger partial charge < -0.3 is 14.8 Å². The highest BCUT2D eigenvalue weighted by Crippen LogP contribution is 2.34. The molecule has 9 nitrogen and oxygen atoms in total. The van der Waals surface area contributed by atoms with Crippen molar-refractivity contribution in [3.63, 3.8) is 0 Å². The summed E-state index contributed by atoms with van der Waals surface area (Å²) >= 11 is 0. The van der Waals surface area contributed by atoms with Crippen LogP contribution in [0.5, 0.6) is 5.75 Å². The molecule has 0 saturated carbocycles. The third kappa shape index (κ3) is 4.80. The summed E-state index contributed by atoms with van der Waals surface area (Å²) in [6.45, 7) is 4.33. The highest BCUT2D eigenvalue weighted by Gasteiger charge is 2.30. The lowest BCUT2D eigenvalue weighted by Crippen LogP contribution is -2.49. The molecule has 1 aromatic rings. The minimum Gasteiger partial charge on any atom is -0.490 e. The number of methoxy groups -OCH3 is 1. The first kappa shape index (κ1) is 19.4. The molecule has 0 aliphatic carbocycles. The van der Waals surface area contributed by atoms with Crippen LogP contribution in [0, 0.1) is 10.1 Å². The van der Waals surface area contributed by atoms with E-state index in [1.807, 2.05) is 13.8 Å². The summed E-state index contributed by atoms with van der Waals surface area (Å²) in [7, 11) is -2.13. The van der Waals surface area contributed by atoms with Gasteiger partial charge in [0, 0.05) is 19.6 Å². The predicted molar refractivity (Wildman–Crippen MR) is 93.5 cm³/mol. The van der Waals surface area contributed by atoms with Crippen molar-refractivity contribution in [1.82, 2.24) is 4.31 Å². The van der Waals surface area contributed by atoms with Gasteiger partial charge in [-0.2, -0.15) is 4.31 Å². The Bertz CT molecular complexity index is 714. The summed E-state index contributed by atoms with van der Waals surface area (Å²) in [6, 6.07) is 4.61. The van der Waals surface area contributed by atoms with E-state index in [0.29, 0.717) is 13.1 Å². The molecule has 2 atom stereocenters. The lowest BCUT2D eigenvalue weighted by atomic mass is 10.2. The average molecular weight is 373 g/mol. The Morgan fingerprint density at radius 1 is 1.36 bits per heavy atom. The second kappa shape index (κ2) is 7.98. The molecule has 1 heterocycles. The molecule has 10 heteroatoms. The van der Waals surface area contributed by atoms with Crippen LogP contribution in [-0.2, 0) is 14.8 Å². The summed E-state index contributed by atoms with van der Waals surface area (Å²) in [4.78, 5) is 10.7. The molecular formula is C15H23N3O6S. The van der Waals surface area contributed by atoms with Gasteiger partial charge in [0.25, 0.3) is 0 Å². The molecule has 1 fully saturated rings. The number of para-hydroxylation sites is 1. The van der Waals surface area contributed by atoms with E-state index < -0.39 is 14.9 Å². The lowest BCUT2D eigenvalue weighted by molar-refractivity contribution is -0.384. The average Bonchev–Trinajstić information content (AvgIpc) is 2.53. The molecule has 0 bridgehead atoms. The van der Waals surface area contributed by atoms with Gasteiger partial charge in [0.15, 0.2) is 5.75 Å². The molecule has 1 aliphatic heterocycles. The molecular weight excluding hydrogens is 350 g/mol. The quantitative estimate of drug-likeness (QED) is 0.569. The van der Waals surface area contributed by atoms with Crippen molar-refractivity contribution < 1.29 is 22.8 Å². The molecule has 1 aromatic carbocycles. The molecule has 0 unspecified atom stereocenters. The highest BCUT2D eigenvalue weighted by atomic mass is 32.2. The number of nitrogens with zero attached hydrogens (tertiary/aromatic N) is 2. The van der Waals surface area contributed by atoms with Crippen LogP contribution in [-0.4, -0.2) is 62.4 Å². The van der Waals surface area contributed by atoms with Crippen molar-refractivity contribution in [2.75, 3.05) is 37.8 Å². The standard InChI is InChI=1S/C15H23N3O6S/c1-11-9-17(10-12(2)24-11)25(21,22)8-7-16-13-5-4-6-14(23-3)15(13)18(19)20/h4-6,11-12,16H,7-10H2,1-3H3/t11-,12-/m0/s1. The predicted octanol–water partition coefficient (Wildman–Crippen LogP) is 1.45. The lowest BCUT2D eigenvalue weighted by Gasteiger charge is -2.34. The first-order valence-electron chi connectivity index (χ1n) is 7.93. The van der Waals surface area contributed by atoms with Crippen LogP contribution < -0.4 is 10.1 Å². The summed E-state index contributed by atoms with van der Waals surface area (Å²) in [5.74, 6) is -0.0467. The smallest absolute Gasteiger partial charge is 0.333 e. The first-order chi connectivity index (χ1) is 11.7. The van der Waals surface area contributed by atoms with Crippen LogP contribution in [0.2, 0.25) is 0 Å². The van der Waals surface area contributed by atoms with Crippen molar-refractivity contribution in [2.24, 2.45) is 0 Å². The van der Waals surface area contributed by atoms with E-state index in [1.54, 1.807) is 6.07 Å². The van der Waals surface area contributed by atoms with Gasteiger partial charge in [0.2, 0.25) is 10.0 Å². The van der Waals surface area contributed by atoms with Gasteiger partial charge in [-0.1, -0.05) is 6.07 Å². The summed E-state index contributed by atoms with van der Waals surface area (Å²) < 4.78 is 36.9. The largest absolute Gasteiger partial charge is 0.490 e. The van der Waals surface area contributed by atoms with Gasteiger partial charge >= 0.3 is 5.69 Å². The summed E-state index contributed by atoms with van der Waals surface area (Å²) in [5.41, 5.74) is 0.0132. The number of benzene rings is 1. The fraction of sp³-hybridized carbons (Fsp3) is 0.600. The second-order valence-electron chi connectivity index (χ2n) is 5.93. The Labute approximate surface area is 147 Å². The van der Waals surface area contributed by atoms with Gasteiger partial charge in [-0.05, 0) is 26.0 Å². The van der Waals surface area contributed by atoms with Gasteiger partial charge in [-0.15, -0.1) is 0 Å². The van der Waals surface area contributed by atoms with E-state index in [9.17, 15) is 18.5 Å². The Kier molecular flexibility index (Phi) is 6.20. The molecule has 1 N–H and O–H groups in total. The topological polar surface area (TPSA) is 111 Å².